The van der Waals surface area contributed by atoms with Gasteiger partial charge in [-0.05, 0) is 37.6 Å². The van der Waals surface area contributed by atoms with Gasteiger partial charge in [-0.2, -0.15) is 0 Å². The fourth-order valence-corrected chi connectivity index (χ4v) is 1.27. The molecule has 0 unspecified atom stereocenters. The summed E-state index contributed by atoms with van der Waals surface area (Å²) in [5.74, 6) is -0.0875. The van der Waals surface area contributed by atoms with Gasteiger partial charge < -0.3 is 11.1 Å². The number of nitrogens with two attached hydrogens (primary N) is 1. The fraction of sp³-hybridized carbons (Fsp3) is 0.250. The van der Waals surface area contributed by atoms with Crippen molar-refractivity contribution in [3.8, 4) is 0 Å². The molecular weight excluding hydrogens is 188 g/mol. The summed E-state index contributed by atoms with van der Waals surface area (Å²) in [6, 6.07) is 5.25. The highest BCUT2D eigenvalue weighted by atomic mass is 16.1. The van der Waals surface area contributed by atoms with E-state index < -0.39 is 0 Å². The number of hydrogen-bond acceptors (Lipinski definition) is 2. The van der Waals surface area contributed by atoms with Crippen molar-refractivity contribution in [1.82, 2.24) is 5.32 Å². The number of nitrogen functional groups attached to an aromatic ring is 1. The van der Waals surface area contributed by atoms with Crippen molar-refractivity contribution in [1.29, 1.82) is 0 Å². The Bertz CT molecular complexity index is 397. The molecule has 0 atom stereocenters. The molecule has 3 nitrogen and oxygen atoms in total. The zero-order chi connectivity index (χ0) is 11.4. The molecule has 0 aliphatic heterocycles. The first-order valence-corrected chi connectivity index (χ1v) is 4.79. The van der Waals surface area contributed by atoms with Gasteiger partial charge in [-0.1, -0.05) is 12.2 Å². The third kappa shape index (κ3) is 3.13. The van der Waals surface area contributed by atoms with Crippen LogP contribution in [0.1, 0.15) is 22.8 Å². The van der Waals surface area contributed by atoms with Gasteiger partial charge >= 0.3 is 0 Å². The van der Waals surface area contributed by atoms with Crippen molar-refractivity contribution in [3.63, 3.8) is 0 Å². The summed E-state index contributed by atoms with van der Waals surface area (Å²) in [6.07, 6.45) is 0. The number of anilines is 1. The summed E-state index contributed by atoms with van der Waals surface area (Å²) < 4.78 is 0. The standard InChI is InChI=1S/C12H16N2O/c1-8(2)7-14-12(15)11-5-4-10(13)6-9(11)3/h4-6H,1,7,13H2,2-3H3,(H,14,15). The summed E-state index contributed by atoms with van der Waals surface area (Å²) in [6.45, 7) is 7.96. The van der Waals surface area contributed by atoms with Crippen molar-refractivity contribution in [2.45, 2.75) is 13.8 Å². The summed E-state index contributed by atoms with van der Waals surface area (Å²) in [5.41, 5.74) is 8.74. The minimum Gasteiger partial charge on any atom is -0.399 e. The van der Waals surface area contributed by atoms with Gasteiger partial charge in [0.05, 0.1) is 0 Å². The van der Waals surface area contributed by atoms with E-state index in [1.165, 1.54) is 0 Å². The molecule has 0 aromatic heterocycles. The second-order valence-electron chi connectivity index (χ2n) is 3.71. The van der Waals surface area contributed by atoms with Gasteiger partial charge in [-0.15, -0.1) is 0 Å². The maximum Gasteiger partial charge on any atom is 0.251 e. The number of carbonyl (C=O) groups excluding carboxylic acids is 1. The zero-order valence-corrected chi connectivity index (χ0v) is 9.13. The average molecular weight is 204 g/mol. The lowest BCUT2D eigenvalue weighted by Gasteiger charge is -2.07. The number of rotatable bonds is 3. The van der Waals surface area contributed by atoms with Crippen LogP contribution in [0, 0.1) is 6.92 Å². The molecular formula is C12H16N2O. The number of benzene rings is 1. The molecule has 0 fully saturated rings. The highest BCUT2D eigenvalue weighted by Crippen LogP contribution is 2.12. The SMILES string of the molecule is C=C(C)CNC(=O)c1ccc(N)cc1C. The van der Waals surface area contributed by atoms with Gasteiger partial charge in [-0.3, -0.25) is 4.79 Å². The first-order valence-electron chi connectivity index (χ1n) is 4.79. The van der Waals surface area contributed by atoms with Crippen LogP contribution in [0.25, 0.3) is 0 Å². The molecule has 15 heavy (non-hydrogen) atoms. The Morgan fingerprint density at radius 2 is 2.20 bits per heavy atom. The van der Waals surface area contributed by atoms with E-state index in [4.69, 9.17) is 5.73 Å². The molecule has 3 heteroatoms. The van der Waals surface area contributed by atoms with Crippen LogP contribution in [0.2, 0.25) is 0 Å². The van der Waals surface area contributed by atoms with Crippen LogP contribution < -0.4 is 11.1 Å². The lowest BCUT2D eigenvalue weighted by Crippen LogP contribution is -2.25. The highest BCUT2D eigenvalue weighted by molar-refractivity contribution is 5.96. The molecule has 0 heterocycles. The molecule has 0 spiro atoms. The smallest absolute Gasteiger partial charge is 0.251 e. The van der Waals surface area contributed by atoms with Crippen molar-refractivity contribution in [3.05, 3.63) is 41.5 Å². The number of aryl methyl sites for hydroxylation is 1. The van der Waals surface area contributed by atoms with Gasteiger partial charge in [-0.25, -0.2) is 0 Å². The van der Waals surface area contributed by atoms with Crippen LogP contribution in [0.5, 0.6) is 0 Å². The summed E-state index contributed by atoms with van der Waals surface area (Å²) in [7, 11) is 0. The first-order chi connectivity index (χ1) is 7.00. The molecule has 1 rings (SSSR count). The highest BCUT2D eigenvalue weighted by Gasteiger charge is 2.07. The second-order valence-corrected chi connectivity index (χ2v) is 3.71. The Labute approximate surface area is 90.0 Å². The second kappa shape index (κ2) is 4.64. The average Bonchev–Trinajstić information content (AvgIpc) is 2.14. The van der Waals surface area contributed by atoms with E-state index in [0.29, 0.717) is 17.8 Å². The van der Waals surface area contributed by atoms with E-state index in [1.807, 2.05) is 13.8 Å². The van der Waals surface area contributed by atoms with E-state index in [9.17, 15) is 4.79 Å². The lowest BCUT2D eigenvalue weighted by molar-refractivity contribution is 0.0956. The lowest BCUT2D eigenvalue weighted by atomic mass is 10.1. The van der Waals surface area contributed by atoms with Gasteiger partial charge in [0, 0.05) is 17.8 Å². The predicted octanol–water partition coefficient (Wildman–Crippen LogP) is 1.88. The number of amides is 1. The first kappa shape index (κ1) is 11.3. The predicted molar refractivity (Wildman–Crippen MR) is 62.7 cm³/mol. The van der Waals surface area contributed by atoms with Crippen LogP contribution in [-0.4, -0.2) is 12.5 Å². The Hall–Kier alpha value is -1.77. The minimum absolute atomic E-state index is 0.0875. The Morgan fingerprint density at radius 3 is 2.73 bits per heavy atom. The topological polar surface area (TPSA) is 55.1 Å². The van der Waals surface area contributed by atoms with Crippen LogP contribution in [0.15, 0.2) is 30.4 Å². The van der Waals surface area contributed by atoms with E-state index in [-0.39, 0.29) is 5.91 Å². The van der Waals surface area contributed by atoms with Crippen LogP contribution in [-0.2, 0) is 0 Å². The Balaban J connectivity index is 2.78. The quantitative estimate of drug-likeness (QED) is 0.583. The maximum absolute atomic E-state index is 11.7. The third-order valence-electron chi connectivity index (χ3n) is 2.05. The van der Waals surface area contributed by atoms with Crippen LogP contribution in [0.4, 0.5) is 5.69 Å². The van der Waals surface area contributed by atoms with Crippen molar-refractivity contribution in [2.24, 2.45) is 0 Å². The Morgan fingerprint density at radius 1 is 1.53 bits per heavy atom. The molecule has 0 saturated heterocycles. The fourth-order valence-electron chi connectivity index (χ4n) is 1.27. The van der Waals surface area contributed by atoms with Gasteiger partial charge in [0.2, 0.25) is 0 Å². The number of hydrogen-bond donors (Lipinski definition) is 2. The van der Waals surface area contributed by atoms with E-state index in [2.05, 4.69) is 11.9 Å². The molecule has 1 aromatic rings. The molecule has 0 aliphatic rings. The largest absolute Gasteiger partial charge is 0.399 e. The molecule has 1 amide bonds. The molecule has 0 aliphatic carbocycles. The van der Waals surface area contributed by atoms with E-state index in [0.717, 1.165) is 11.1 Å². The zero-order valence-electron chi connectivity index (χ0n) is 9.13. The molecule has 0 radical (unpaired) electrons. The van der Waals surface area contributed by atoms with E-state index >= 15 is 0 Å². The minimum atomic E-state index is -0.0875. The molecule has 0 bridgehead atoms. The molecule has 3 N–H and O–H groups in total. The summed E-state index contributed by atoms with van der Waals surface area (Å²) in [5, 5.41) is 2.78. The molecule has 0 saturated carbocycles. The van der Waals surface area contributed by atoms with Crippen molar-refractivity contribution < 1.29 is 4.79 Å². The normalized spacial score (nSPS) is 9.73. The van der Waals surface area contributed by atoms with Gasteiger partial charge in [0.15, 0.2) is 0 Å². The Kier molecular flexibility index (Phi) is 3.50. The van der Waals surface area contributed by atoms with E-state index in [1.54, 1.807) is 18.2 Å². The van der Waals surface area contributed by atoms with Gasteiger partial charge in [0.1, 0.15) is 0 Å². The maximum atomic E-state index is 11.7. The third-order valence-corrected chi connectivity index (χ3v) is 2.05. The van der Waals surface area contributed by atoms with Crippen molar-refractivity contribution in [2.75, 3.05) is 12.3 Å². The summed E-state index contributed by atoms with van der Waals surface area (Å²) in [4.78, 5) is 11.7. The van der Waals surface area contributed by atoms with Gasteiger partial charge in [0.25, 0.3) is 5.91 Å². The monoisotopic (exact) mass is 204 g/mol. The molecule has 80 valence electrons. The van der Waals surface area contributed by atoms with Crippen LogP contribution in [0.3, 0.4) is 0 Å². The number of nitrogens with one attached hydrogen (secondary N) is 1. The number of carbonyl (C=O) groups is 1. The van der Waals surface area contributed by atoms with Crippen LogP contribution >= 0.6 is 0 Å². The van der Waals surface area contributed by atoms with Crippen molar-refractivity contribution >= 4 is 11.6 Å². The summed E-state index contributed by atoms with van der Waals surface area (Å²) >= 11 is 0. The molecule has 1 aromatic carbocycles.